The molecular formula is C24H25BFN4O11P. The van der Waals surface area contributed by atoms with Gasteiger partial charge in [0.05, 0.1) is 11.2 Å². The van der Waals surface area contributed by atoms with Crippen molar-refractivity contribution in [2.45, 2.75) is 25.3 Å². The summed E-state index contributed by atoms with van der Waals surface area (Å²) in [6.07, 6.45) is -0.202. The van der Waals surface area contributed by atoms with Gasteiger partial charge < -0.3 is 40.1 Å². The van der Waals surface area contributed by atoms with Gasteiger partial charge in [-0.1, -0.05) is 18.2 Å². The zero-order valence-electron chi connectivity index (χ0n) is 21.9. The zero-order chi connectivity index (χ0) is 30.9. The predicted molar refractivity (Wildman–Crippen MR) is 141 cm³/mol. The van der Waals surface area contributed by atoms with Gasteiger partial charge in [-0.25, -0.2) is 14.0 Å². The first-order valence-corrected chi connectivity index (χ1v) is 14.1. The number of fused-ring (bicyclic) bond motifs is 1. The van der Waals surface area contributed by atoms with E-state index in [9.17, 15) is 52.8 Å². The lowest BCUT2D eigenvalue weighted by atomic mass is 9.72. The number of halogens is 1. The summed E-state index contributed by atoms with van der Waals surface area (Å²) >= 11 is 0. The molecule has 2 aromatic rings. The van der Waals surface area contributed by atoms with E-state index in [1.807, 2.05) is 0 Å². The van der Waals surface area contributed by atoms with Gasteiger partial charge in [0.25, 0.3) is 0 Å². The number of benzene rings is 2. The fourth-order valence-electron chi connectivity index (χ4n) is 4.56. The summed E-state index contributed by atoms with van der Waals surface area (Å²) in [7, 11) is -6.49. The van der Waals surface area contributed by atoms with Gasteiger partial charge in [0.1, 0.15) is 23.2 Å². The Labute approximate surface area is 237 Å². The van der Waals surface area contributed by atoms with E-state index in [4.69, 9.17) is 4.65 Å². The summed E-state index contributed by atoms with van der Waals surface area (Å²) < 4.78 is 30.9. The number of hydrogen-bond acceptors (Lipinski definition) is 8. The van der Waals surface area contributed by atoms with Gasteiger partial charge in [-0.3, -0.25) is 23.8 Å². The van der Waals surface area contributed by atoms with E-state index in [-0.39, 0.29) is 42.5 Å². The molecule has 2 atom stereocenters. The first kappa shape index (κ1) is 30.6. The van der Waals surface area contributed by atoms with Crippen LogP contribution in [0, 0.1) is 5.82 Å². The summed E-state index contributed by atoms with van der Waals surface area (Å²) in [5, 5.41) is 24.3. The Balaban J connectivity index is 1.60. The van der Waals surface area contributed by atoms with Crippen molar-refractivity contribution in [3.8, 4) is 5.75 Å². The summed E-state index contributed by atoms with van der Waals surface area (Å²) in [4.78, 5) is 83.5. The number of likely N-dealkylation sites (N-methyl/N-ethyl adjacent to an activating group) is 1. The lowest BCUT2D eigenvalue weighted by Crippen LogP contribution is -2.60. The van der Waals surface area contributed by atoms with E-state index in [2.05, 4.69) is 10.6 Å². The summed E-state index contributed by atoms with van der Waals surface area (Å²) in [5.74, 6) is -7.35. The molecule has 42 heavy (non-hydrogen) atoms. The van der Waals surface area contributed by atoms with Gasteiger partial charge in [-0.15, -0.1) is 0 Å². The summed E-state index contributed by atoms with van der Waals surface area (Å²) in [6.45, 7) is 1.80. The van der Waals surface area contributed by atoms with Gasteiger partial charge >= 0.3 is 38.5 Å². The largest absolute Gasteiger partial charge is 0.547 e. The predicted octanol–water partition coefficient (Wildman–Crippen LogP) is -1.09. The zero-order valence-corrected chi connectivity index (χ0v) is 22.8. The molecule has 0 unspecified atom stereocenters. The molecule has 0 radical (unpaired) electrons. The molecule has 1 saturated heterocycles. The number of hydrogen-bond donors (Lipinski definition) is 6. The third kappa shape index (κ3) is 6.13. The number of urea groups is 1. The number of carboxylic acid groups (broad SMARTS) is 1. The van der Waals surface area contributed by atoms with Crippen LogP contribution in [0.25, 0.3) is 0 Å². The standard InChI is InChI=1S/C24H25BFN4O11P/c1-2-29-9-10-30(22(33)21(29)32)24(36)28-18(12-3-6-14(7-4-12)42(38,39)40)20(31)27-16-11-13-5-8-15(26)17(23(34)35)19(13)41-25(16)37/h3-8,16,18,37H,2,9-11H2,1H3,(H,27,31)(H,28,36)(H,34,35)(H2,38,39,40)/t16-,18+/m0/s1. The van der Waals surface area contributed by atoms with Crippen LogP contribution in [0.1, 0.15) is 34.5 Å². The van der Waals surface area contributed by atoms with Crippen molar-refractivity contribution in [2.24, 2.45) is 0 Å². The minimum absolute atomic E-state index is 0.0193. The van der Waals surface area contributed by atoms with Crippen LogP contribution in [0.3, 0.4) is 0 Å². The van der Waals surface area contributed by atoms with Crippen molar-refractivity contribution in [3.63, 3.8) is 0 Å². The van der Waals surface area contributed by atoms with Crippen molar-refractivity contribution in [1.82, 2.24) is 20.4 Å². The molecule has 18 heteroatoms. The number of piperazine rings is 1. The normalized spacial score (nSPS) is 17.7. The molecule has 6 N–H and O–H groups in total. The third-order valence-electron chi connectivity index (χ3n) is 6.78. The van der Waals surface area contributed by atoms with E-state index in [1.54, 1.807) is 6.92 Å². The Kier molecular flexibility index (Phi) is 8.68. The second kappa shape index (κ2) is 11.9. The molecule has 0 saturated carbocycles. The van der Waals surface area contributed by atoms with Crippen LogP contribution in [-0.4, -0.2) is 92.1 Å². The maximum Gasteiger partial charge on any atom is 0.547 e. The van der Waals surface area contributed by atoms with Crippen LogP contribution < -0.4 is 20.6 Å². The molecule has 5 amide bonds. The highest BCUT2D eigenvalue weighted by Crippen LogP contribution is 2.34. The molecular weight excluding hydrogens is 581 g/mol. The minimum Gasteiger partial charge on any atom is -0.534 e. The number of nitrogens with zero attached hydrogens (tertiary/aromatic N) is 2. The second-order valence-electron chi connectivity index (χ2n) is 9.40. The van der Waals surface area contributed by atoms with Crippen molar-refractivity contribution in [2.75, 3.05) is 19.6 Å². The maximum absolute atomic E-state index is 14.1. The number of aromatic carboxylic acids is 1. The molecule has 1 fully saturated rings. The number of amides is 5. The quantitative estimate of drug-likeness (QED) is 0.126. The number of rotatable bonds is 7. The molecule has 2 aromatic carbocycles. The van der Waals surface area contributed by atoms with Crippen LogP contribution in [-0.2, 0) is 25.4 Å². The van der Waals surface area contributed by atoms with Gasteiger partial charge in [0, 0.05) is 19.6 Å². The Bertz CT molecular complexity index is 1500. The van der Waals surface area contributed by atoms with E-state index in [0.29, 0.717) is 4.90 Å². The molecule has 2 aliphatic heterocycles. The molecule has 0 aliphatic carbocycles. The lowest BCUT2D eigenvalue weighted by molar-refractivity contribution is -0.153. The average molecular weight is 606 g/mol. The van der Waals surface area contributed by atoms with Crippen molar-refractivity contribution >= 4 is 49.7 Å². The van der Waals surface area contributed by atoms with E-state index in [0.717, 1.165) is 30.3 Å². The number of carboxylic acids is 1. The van der Waals surface area contributed by atoms with E-state index in [1.165, 1.54) is 11.0 Å². The fourth-order valence-corrected chi connectivity index (χ4v) is 5.10. The highest BCUT2D eigenvalue weighted by molar-refractivity contribution is 7.60. The van der Waals surface area contributed by atoms with Crippen LogP contribution in [0.4, 0.5) is 9.18 Å². The van der Waals surface area contributed by atoms with Gasteiger partial charge in [0.15, 0.2) is 0 Å². The number of carbonyl (C=O) groups excluding carboxylic acids is 4. The maximum atomic E-state index is 14.1. The molecule has 222 valence electrons. The molecule has 0 spiro atoms. The van der Waals surface area contributed by atoms with Crippen molar-refractivity contribution < 1.29 is 57.5 Å². The van der Waals surface area contributed by atoms with Crippen LogP contribution in [0.2, 0.25) is 0 Å². The van der Waals surface area contributed by atoms with Crippen LogP contribution >= 0.6 is 7.60 Å². The molecule has 4 rings (SSSR count). The topological polar surface area (TPSA) is 223 Å². The highest BCUT2D eigenvalue weighted by Gasteiger charge is 2.41. The lowest BCUT2D eigenvalue weighted by Gasteiger charge is -2.33. The number of nitrogens with one attached hydrogen (secondary N) is 2. The van der Waals surface area contributed by atoms with Crippen molar-refractivity contribution in [1.29, 1.82) is 0 Å². The minimum atomic E-state index is -4.65. The van der Waals surface area contributed by atoms with Crippen LogP contribution in [0.5, 0.6) is 5.75 Å². The monoisotopic (exact) mass is 606 g/mol. The first-order valence-electron chi connectivity index (χ1n) is 12.5. The van der Waals surface area contributed by atoms with Gasteiger partial charge in [-0.05, 0) is 42.7 Å². The van der Waals surface area contributed by atoms with E-state index >= 15 is 0 Å². The third-order valence-corrected chi connectivity index (χ3v) is 7.75. The molecule has 2 aliphatic rings. The number of imide groups is 1. The summed E-state index contributed by atoms with van der Waals surface area (Å²) in [6, 6.07) is 3.80. The van der Waals surface area contributed by atoms with Crippen LogP contribution in [0.15, 0.2) is 36.4 Å². The molecule has 2 heterocycles. The second-order valence-corrected chi connectivity index (χ2v) is 11.0. The van der Waals surface area contributed by atoms with E-state index < -0.39 is 73.5 Å². The fraction of sp³-hybridized carbons (Fsp3) is 0.292. The van der Waals surface area contributed by atoms with Gasteiger partial charge in [0.2, 0.25) is 5.91 Å². The van der Waals surface area contributed by atoms with Crippen molar-refractivity contribution in [3.05, 3.63) is 58.9 Å². The SMILES string of the molecule is CCN1CCN(C(=O)N[C@@H](C(=O)N[C@H]2Cc3ccc(F)c(C(=O)O)c3OB2O)c2ccc(P(=O)(O)O)cc2)C(=O)C1=O. The Morgan fingerprint density at radius 1 is 1.12 bits per heavy atom. The molecule has 0 aromatic heterocycles. The number of carbonyl (C=O) groups is 5. The average Bonchev–Trinajstić information content (AvgIpc) is 2.93. The smallest absolute Gasteiger partial charge is 0.534 e. The molecule has 15 nitrogen and oxygen atoms in total. The molecule has 0 bridgehead atoms. The Morgan fingerprint density at radius 3 is 2.38 bits per heavy atom. The Morgan fingerprint density at radius 2 is 1.79 bits per heavy atom. The first-order chi connectivity index (χ1) is 19.7. The highest BCUT2D eigenvalue weighted by atomic mass is 31.2. The Hall–Kier alpha value is -4.31. The van der Waals surface area contributed by atoms with Gasteiger partial charge in [-0.2, -0.15) is 0 Å². The summed E-state index contributed by atoms with van der Waals surface area (Å²) in [5.41, 5.74) is -0.617.